The van der Waals surface area contributed by atoms with Crippen molar-refractivity contribution < 1.29 is 23.8 Å². The predicted octanol–water partition coefficient (Wildman–Crippen LogP) is 3.38. The van der Waals surface area contributed by atoms with Crippen LogP contribution in [0, 0.1) is 5.92 Å². The van der Waals surface area contributed by atoms with E-state index in [1.807, 2.05) is 25.7 Å². The third kappa shape index (κ3) is 9.33. The minimum Gasteiger partial charge on any atom is -0.486 e. The summed E-state index contributed by atoms with van der Waals surface area (Å²) in [5.74, 6) is 1.29. The molecule has 11 heteroatoms. The van der Waals surface area contributed by atoms with E-state index in [4.69, 9.17) is 25.8 Å². The van der Waals surface area contributed by atoms with Crippen molar-refractivity contribution in [1.82, 2.24) is 20.6 Å². The first-order valence-electron chi connectivity index (χ1n) is 10.7. The van der Waals surface area contributed by atoms with Gasteiger partial charge in [-0.1, -0.05) is 0 Å². The quantitative estimate of drug-likeness (QED) is 0.459. The lowest BCUT2D eigenvalue weighted by Crippen LogP contribution is -2.36. The van der Waals surface area contributed by atoms with E-state index < -0.39 is 23.4 Å². The van der Waals surface area contributed by atoms with Gasteiger partial charge in [-0.05, 0) is 65.5 Å². The summed E-state index contributed by atoms with van der Waals surface area (Å²) in [7, 11) is 0. The zero-order valence-electron chi connectivity index (χ0n) is 19.7. The molecule has 1 saturated heterocycles. The van der Waals surface area contributed by atoms with Crippen molar-refractivity contribution in [2.24, 2.45) is 5.92 Å². The van der Waals surface area contributed by atoms with Gasteiger partial charge in [-0.2, -0.15) is 4.98 Å². The molecular weight excluding hydrogens is 438 g/mol. The first-order valence-corrected chi connectivity index (χ1v) is 11.0. The molecule has 0 unspecified atom stereocenters. The van der Waals surface area contributed by atoms with Crippen LogP contribution in [-0.2, 0) is 9.47 Å². The highest BCUT2D eigenvalue weighted by Gasteiger charge is 2.27. The molecule has 1 aliphatic heterocycles. The Morgan fingerprint density at radius 3 is 2.38 bits per heavy atom. The van der Waals surface area contributed by atoms with Gasteiger partial charge in [-0.25, -0.2) is 14.6 Å². The van der Waals surface area contributed by atoms with Gasteiger partial charge in [-0.15, -0.1) is 0 Å². The van der Waals surface area contributed by atoms with Gasteiger partial charge in [-0.3, -0.25) is 0 Å². The number of alkyl carbamates (subject to hydrolysis) is 2. The molecule has 2 rings (SSSR count). The molecule has 1 aromatic heterocycles. The zero-order chi connectivity index (χ0) is 23.9. The Morgan fingerprint density at radius 1 is 1.12 bits per heavy atom. The number of amides is 2. The van der Waals surface area contributed by atoms with Gasteiger partial charge in [0.1, 0.15) is 17.8 Å². The zero-order valence-corrected chi connectivity index (χ0v) is 20.4. The van der Waals surface area contributed by atoms with Gasteiger partial charge in [0, 0.05) is 19.6 Å². The second-order valence-corrected chi connectivity index (χ2v) is 9.93. The molecule has 1 fully saturated rings. The molecule has 0 spiro atoms. The molecule has 0 saturated carbocycles. The van der Waals surface area contributed by atoms with Crippen molar-refractivity contribution in [3.05, 3.63) is 11.5 Å². The molecule has 1 aliphatic rings. The van der Waals surface area contributed by atoms with Crippen molar-refractivity contribution in [3.63, 3.8) is 0 Å². The summed E-state index contributed by atoms with van der Waals surface area (Å²) in [5, 5.41) is 5.58. The number of carbonyl (C=O) groups is 2. The predicted molar refractivity (Wildman–Crippen MR) is 121 cm³/mol. The molecule has 10 nitrogen and oxygen atoms in total. The van der Waals surface area contributed by atoms with Crippen molar-refractivity contribution in [3.8, 4) is 5.75 Å². The van der Waals surface area contributed by atoms with Gasteiger partial charge >= 0.3 is 12.2 Å². The van der Waals surface area contributed by atoms with Crippen molar-refractivity contribution in [2.75, 3.05) is 37.7 Å². The van der Waals surface area contributed by atoms with Crippen molar-refractivity contribution in [1.29, 1.82) is 0 Å². The number of hydrogen-bond acceptors (Lipinski definition) is 8. The second kappa shape index (κ2) is 10.9. The van der Waals surface area contributed by atoms with E-state index in [1.165, 1.54) is 6.20 Å². The molecule has 180 valence electrons. The smallest absolute Gasteiger partial charge is 0.407 e. The Hall–Kier alpha value is -2.49. The van der Waals surface area contributed by atoms with Crippen LogP contribution in [0.4, 0.5) is 15.4 Å². The third-order valence-electron chi connectivity index (χ3n) is 4.25. The largest absolute Gasteiger partial charge is 0.486 e. The second-order valence-electron chi connectivity index (χ2n) is 9.59. The van der Waals surface area contributed by atoms with Crippen LogP contribution >= 0.6 is 11.6 Å². The molecule has 0 aromatic carbocycles. The number of hydrogen-bond donors (Lipinski definition) is 2. The molecule has 0 bridgehead atoms. The molecule has 2 N–H and O–H groups in total. The average Bonchev–Trinajstić information content (AvgIpc) is 3.10. The lowest BCUT2D eigenvalue weighted by Gasteiger charge is -2.22. The molecule has 1 atom stereocenters. The summed E-state index contributed by atoms with van der Waals surface area (Å²) in [5.41, 5.74) is -1.10. The maximum atomic E-state index is 11.9. The van der Waals surface area contributed by atoms with Crippen LogP contribution in [0.5, 0.6) is 5.75 Å². The van der Waals surface area contributed by atoms with Gasteiger partial charge in [0.05, 0.1) is 12.7 Å². The number of halogens is 1. The van der Waals surface area contributed by atoms with Crippen LogP contribution in [0.2, 0.25) is 5.28 Å². The van der Waals surface area contributed by atoms with Crippen LogP contribution < -0.4 is 20.3 Å². The maximum Gasteiger partial charge on any atom is 0.407 e. The highest BCUT2D eigenvalue weighted by Crippen LogP contribution is 2.30. The van der Waals surface area contributed by atoms with Gasteiger partial charge < -0.3 is 29.7 Å². The summed E-state index contributed by atoms with van der Waals surface area (Å²) in [6.45, 7) is 13.3. The Morgan fingerprint density at radius 2 is 1.75 bits per heavy atom. The summed E-state index contributed by atoms with van der Waals surface area (Å²) in [6.07, 6.45) is 1.46. The standard InChI is InChI=1S/C21H34ClN5O5/c1-20(2,3)31-18(28)23-8-10-30-15-12-24-17(22)26-16(15)27-9-7-14(13-27)11-25-19(29)32-21(4,5)6/h12,14H,7-11,13H2,1-6H3,(H,23,28)(H,25,29)/t14-/m0/s1. The number of carbonyl (C=O) groups excluding carboxylic acids is 2. The summed E-state index contributed by atoms with van der Waals surface area (Å²) < 4.78 is 16.3. The number of nitrogens with one attached hydrogen (secondary N) is 2. The first-order chi connectivity index (χ1) is 14.8. The number of anilines is 1. The minimum absolute atomic E-state index is 0.120. The molecule has 2 heterocycles. The molecule has 2 amide bonds. The SMILES string of the molecule is CC(C)(C)OC(=O)NCCOc1cnc(Cl)nc1N1CC[C@@H](CNC(=O)OC(C)(C)C)C1. The van der Waals surface area contributed by atoms with Crippen LogP contribution in [-0.4, -0.2) is 66.1 Å². The van der Waals surface area contributed by atoms with Crippen molar-refractivity contribution >= 4 is 29.6 Å². The fourth-order valence-electron chi connectivity index (χ4n) is 3.03. The van der Waals surface area contributed by atoms with Gasteiger partial charge in [0.15, 0.2) is 11.6 Å². The molecular formula is C21H34ClN5O5. The lowest BCUT2D eigenvalue weighted by atomic mass is 10.1. The molecule has 32 heavy (non-hydrogen) atoms. The van der Waals surface area contributed by atoms with Crippen molar-refractivity contribution in [2.45, 2.75) is 59.2 Å². The Labute approximate surface area is 194 Å². The average molecular weight is 472 g/mol. The van der Waals surface area contributed by atoms with Gasteiger partial charge in [0.25, 0.3) is 0 Å². The topological polar surface area (TPSA) is 115 Å². The fraction of sp³-hybridized carbons (Fsp3) is 0.714. The molecule has 1 aromatic rings. The van der Waals surface area contributed by atoms with E-state index in [-0.39, 0.29) is 24.4 Å². The minimum atomic E-state index is -0.563. The van der Waals surface area contributed by atoms with E-state index in [2.05, 4.69) is 20.6 Å². The first kappa shape index (κ1) is 25.8. The van der Waals surface area contributed by atoms with E-state index >= 15 is 0 Å². The Kier molecular flexibility index (Phi) is 8.77. The van der Waals surface area contributed by atoms with Crippen LogP contribution in [0.15, 0.2) is 6.20 Å². The van der Waals surface area contributed by atoms with E-state index in [9.17, 15) is 9.59 Å². The summed E-state index contributed by atoms with van der Waals surface area (Å²) in [4.78, 5) is 34.0. The monoisotopic (exact) mass is 471 g/mol. The number of rotatable bonds is 7. The highest BCUT2D eigenvalue weighted by atomic mass is 35.5. The van der Waals surface area contributed by atoms with E-state index in [0.717, 1.165) is 13.0 Å². The normalized spacial score (nSPS) is 16.5. The van der Waals surface area contributed by atoms with E-state index in [0.29, 0.717) is 24.7 Å². The lowest BCUT2D eigenvalue weighted by molar-refractivity contribution is 0.0509. The van der Waals surface area contributed by atoms with Crippen LogP contribution in [0.1, 0.15) is 48.0 Å². The third-order valence-corrected chi connectivity index (χ3v) is 4.44. The van der Waals surface area contributed by atoms with Crippen LogP contribution in [0.25, 0.3) is 0 Å². The van der Waals surface area contributed by atoms with Crippen LogP contribution in [0.3, 0.4) is 0 Å². The van der Waals surface area contributed by atoms with E-state index in [1.54, 1.807) is 20.8 Å². The van der Waals surface area contributed by atoms with Gasteiger partial charge in [0.2, 0.25) is 5.28 Å². The summed E-state index contributed by atoms with van der Waals surface area (Å²) >= 11 is 6.01. The number of ether oxygens (including phenoxy) is 3. The maximum absolute atomic E-state index is 11.9. The molecule has 0 radical (unpaired) electrons. The Balaban J connectivity index is 1.86. The summed E-state index contributed by atoms with van der Waals surface area (Å²) in [6, 6.07) is 0. The highest BCUT2D eigenvalue weighted by molar-refractivity contribution is 6.28. The molecule has 0 aliphatic carbocycles. The Bertz CT molecular complexity index is 794. The fourth-order valence-corrected chi connectivity index (χ4v) is 3.16. The number of aromatic nitrogens is 2. The number of nitrogens with zero attached hydrogens (tertiary/aromatic N) is 3.